The molecule has 0 heterocycles. The van der Waals surface area contributed by atoms with Crippen LogP contribution in [-0.4, -0.2) is 40.5 Å². The Kier molecular flexibility index (Phi) is 13.1. The lowest BCUT2D eigenvalue weighted by molar-refractivity contribution is -0.00000374. The van der Waals surface area contributed by atoms with Crippen LogP contribution in [-0.2, 0) is 0 Å². The maximum Gasteiger partial charge on any atom is 0.112 e. The van der Waals surface area contributed by atoms with E-state index in [9.17, 15) is 0 Å². The van der Waals surface area contributed by atoms with E-state index in [-0.39, 0.29) is 12.4 Å². The monoisotopic (exact) mass is 239 g/mol. The molecule has 0 spiro atoms. The Bertz CT molecular complexity index is 152. The minimum absolute atomic E-state index is 0. The molecule has 14 heavy (non-hydrogen) atoms. The molecular weight excluding hydrogens is 220 g/mol. The van der Waals surface area contributed by atoms with E-state index in [4.69, 9.17) is 5.21 Å². The average Bonchev–Trinajstić information content (AvgIpc) is 2.19. The van der Waals surface area contributed by atoms with Gasteiger partial charge in [-0.05, 0) is 19.5 Å². The first-order chi connectivity index (χ1) is 6.28. The molecule has 0 aromatic carbocycles. The molecule has 0 amide bonds. The third-order valence-electron chi connectivity index (χ3n) is 1.98. The lowest BCUT2D eigenvalue weighted by atomic mass is 10.5. The fraction of sp³-hybridized carbons (Fsp3) is 0.889. The summed E-state index contributed by atoms with van der Waals surface area (Å²) in [6.45, 7) is 9.57. The van der Waals surface area contributed by atoms with E-state index >= 15 is 0 Å². The highest BCUT2D eigenvalue weighted by Crippen LogP contribution is 2.07. The van der Waals surface area contributed by atoms with Crippen LogP contribution in [0.5, 0.6) is 0 Å². The van der Waals surface area contributed by atoms with E-state index < -0.39 is 0 Å². The van der Waals surface area contributed by atoms with Gasteiger partial charge in [0.05, 0.1) is 0 Å². The zero-order valence-electron chi connectivity index (χ0n) is 9.16. The van der Waals surface area contributed by atoms with Gasteiger partial charge < -0.3 is 22.5 Å². The standard InChI is InChI=1S/C9H20N2OS.ClH/c1-4-9(10-12)13-8-7-11(5-2)6-3;/h12H,4-8H2,1-3H3;1H/p-1/b10-9+;. The zero-order valence-corrected chi connectivity index (χ0v) is 10.7. The Balaban J connectivity index is 0. The summed E-state index contributed by atoms with van der Waals surface area (Å²) in [4.78, 5) is 2.36. The van der Waals surface area contributed by atoms with Crippen LogP contribution in [0.15, 0.2) is 5.16 Å². The molecule has 0 aromatic heterocycles. The fourth-order valence-electron chi connectivity index (χ4n) is 1.03. The van der Waals surface area contributed by atoms with Gasteiger partial charge in [-0.1, -0.05) is 25.9 Å². The molecular formula is C9H20ClN2OS-. The van der Waals surface area contributed by atoms with Crippen LogP contribution >= 0.6 is 11.8 Å². The van der Waals surface area contributed by atoms with Gasteiger partial charge in [0, 0.05) is 12.3 Å². The second-order valence-corrected chi connectivity index (χ2v) is 3.89. The molecule has 0 aliphatic rings. The smallest absolute Gasteiger partial charge is 0.112 e. The van der Waals surface area contributed by atoms with Crippen molar-refractivity contribution < 1.29 is 17.6 Å². The summed E-state index contributed by atoms with van der Waals surface area (Å²) in [7, 11) is 0. The summed E-state index contributed by atoms with van der Waals surface area (Å²) >= 11 is 1.64. The molecule has 0 aliphatic heterocycles. The van der Waals surface area contributed by atoms with Gasteiger partial charge in [-0.3, -0.25) is 0 Å². The van der Waals surface area contributed by atoms with Gasteiger partial charge in [0.1, 0.15) is 5.04 Å². The number of hydrogen-bond donors (Lipinski definition) is 1. The SMILES string of the molecule is CC/C(=N\O)SCCN(CC)CC.[Cl-]. The number of halogens is 1. The van der Waals surface area contributed by atoms with Crippen molar-refractivity contribution in [2.24, 2.45) is 5.16 Å². The van der Waals surface area contributed by atoms with Crippen LogP contribution in [0.3, 0.4) is 0 Å². The van der Waals surface area contributed by atoms with Crippen LogP contribution in [0.1, 0.15) is 27.2 Å². The van der Waals surface area contributed by atoms with Gasteiger partial charge in [0.2, 0.25) is 0 Å². The molecule has 0 rings (SSSR count). The first kappa shape index (κ1) is 16.5. The summed E-state index contributed by atoms with van der Waals surface area (Å²) in [5.74, 6) is 1.01. The van der Waals surface area contributed by atoms with Gasteiger partial charge in [-0.25, -0.2) is 0 Å². The Morgan fingerprint density at radius 1 is 1.29 bits per heavy atom. The van der Waals surface area contributed by atoms with E-state index in [0.29, 0.717) is 0 Å². The van der Waals surface area contributed by atoms with Crippen LogP contribution in [0.2, 0.25) is 0 Å². The number of thioether (sulfide) groups is 1. The van der Waals surface area contributed by atoms with Crippen molar-refractivity contribution in [2.45, 2.75) is 27.2 Å². The quantitative estimate of drug-likeness (QED) is 0.287. The van der Waals surface area contributed by atoms with Crippen molar-refractivity contribution in [1.82, 2.24) is 4.90 Å². The van der Waals surface area contributed by atoms with Crippen LogP contribution in [0.25, 0.3) is 0 Å². The van der Waals surface area contributed by atoms with Crippen molar-refractivity contribution >= 4 is 16.8 Å². The topological polar surface area (TPSA) is 35.8 Å². The summed E-state index contributed by atoms with van der Waals surface area (Å²) in [5, 5.41) is 12.6. The summed E-state index contributed by atoms with van der Waals surface area (Å²) < 4.78 is 0. The lowest BCUT2D eigenvalue weighted by Gasteiger charge is -2.17. The second-order valence-electron chi connectivity index (χ2n) is 2.72. The Morgan fingerprint density at radius 2 is 1.86 bits per heavy atom. The molecule has 86 valence electrons. The van der Waals surface area contributed by atoms with Gasteiger partial charge in [-0.15, -0.1) is 11.8 Å². The second kappa shape index (κ2) is 11.1. The Morgan fingerprint density at radius 3 is 2.21 bits per heavy atom. The predicted octanol–water partition coefficient (Wildman–Crippen LogP) is -0.737. The van der Waals surface area contributed by atoms with Crippen molar-refractivity contribution in [2.75, 3.05) is 25.4 Å². The van der Waals surface area contributed by atoms with E-state index in [1.54, 1.807) is 11.8 Å². The molecule has 0 atom stereocenters. The van der Waals surface area contributed by atoms with E-state index in [1.165, 1.54) is 0 Å². The number of hydrogen-bond acceptors (Lipinski definition) is 4. The van der Waals surface area contributed by atoms with Crippen LogP contribution in [0, 0.1) is 0 Å². The first-order valence-electron chi connectivity index (χ1n) is 4.84. The Labute approximate surface area is 97.3 Å². The van der Waals surface area contributed by atoms with Crippen molar-refractivity contribution in [3.63, 3.8) is 0 Å². The summed E-state index contributed by atoms with van der Waals surface area (Å²) in [6, 6.07) is 0. The molecule has 0 unspecified atom stereocenters. The minimum atomic E-state index is 0. The predicted molar refractivity (Wildman–Crippen MR) is 59.8 cm³/mol. The lowest BCUT2D eigenvalue weighted by Crippen LogP contribution is -3.00. The van der Waals surface area contributed by atoms with Gasteiger partial charge in [0.15, 0.2) is 0 Å². The van der Waals surface area contributed by atoms with Crippen LogP contribution < -0.4 is 12.4 Å². The molecule has 0 aromatic rings. The Hall–Kier alpha value is 0.0700. The molecule has 0 fully saturated rings. The molecule has 1 N–H and O–H groups in total. The first-order valence-corrected chi connectivity index (χ1v) is 5.83. The van der Waals surface area contributed by atoms with E-state index in [1.807, 2.05) is 6.92 Å². The highest BCUT2D eigenvalue weighted by atomic mass is 35.5. The number of rotatable bonds is 6. The number of oxime groups is 1. The third kappa shape index (κ3) is 7.47. The van der Waals surface area contributed by atoms with E-state index in [2.05, 4.69) is 23.9 Å². The largest absolute Gasteiger partial charge is 1.00 e. The highest BCUT2D eigenvalue weighted by Gasteiger charge is 2.01. The fourth-order valence-corrected chi connectivity index (χ4v) is 1.88. The van der Waals surface area contributed by atoms with Crippen molar-refractivity contribution in [3.05, 3.63) is 0 Å². The molecule has 5 heteroatoms. The maximum atomic E-state index is 8.56. The molecule has 0 saturated carbocycles. The maximum absolute atomic E-state index is 8.56. The highest BCUT2D eigenvalue weighted by molar-refractivity contribution is 8.13. The summed E-state index contributed by atoms with van der Waals surface area (Å²) in [6.07, 6.45) is 0.819. The molecule has 0 saturated heterocycles. The van der Waals surface area contributed by atoms with Gasteiger partial charge >= 0.3 is 0 Å². The summed E-state index contributed by atoms with van der Waals surface area (Å²) in [5.41, 5.74) is 0. The normalized spacial score (nSPS) is 11.6. The van der Waals surface area contributed by atoms with Crippen molar-refractivity contribution in [1.29, 1.82) is 0 Å². The molecule has 3 nitrogen and oxygen atoms in total. The van der Waals surface area contributed by atoms with Gasteiger partial charge in [-0.2, -0.15) is 0 Å². The number of nitrogens with zero attached hydrogens (tertiary/aromatic N) is 2. The average molecular weight is 240 g/mol. The molecule has 0 aliphatic carbocycles. The third-order valence-corrected chi connectivity index (χ3v) is 3.07. The minimum Gasteiger partial charge on any atom is -1.00 e. The van der Waals surface area contributed by atoms with E-state index in [0.717, 1.165) is 36.9 Å². The van der Waals surface area contributed by atoms with Crippen LogP contribution in [0.4, 0.5) is 0 Å². The molecule has 0 bridgehead atoms. The zero-order chi connectivity index (χ0) is 10.1. The van der Waals surface area contributed by atoms with Gasteiger partial charge in [0.25, 0.3) is 0 Å². The molecule has 0 radical (unpaired) electrons. The van der Waals surface area contributed by atoms with Crippen molar-refractivity contribution in [3.8, 4) is 0 Å².